The molecule has 2 aromatic carbocycles. The molecule has 0 unspecified atom stereocenters. The summed E-state index contributed by atoms with van der Waals surface area (Å²) < 4.78 is 5.25. The summed E-state index contributed by atoms with van der Waals surface area (Å²) in [6.45, 7) is 0. The molecular weight excluding hydrogens is 256 g/mol. The number of rotatable bonds is 4. The maximum Gasteiger partial charge on any atom is 0.339 e. The quantitative estimate of drug-likeness (QED) is 0.587. The van der Waals surface area contributed by atoms with Crippen LogP contribution >= 0.6 is 0 Å². The van der Waals surface area contributed by atoms with Crippen LogP contribution in [0.5, 0.6) is 5.75 Å². The number of hydrogen-bond donors (Lipinski definition) is 3. The molecule has 0 aromatic heterocycles. The molecule has 0 atom stereocenters. The molecule has 0 amide bonds. The maximum atomic E-state index is 11.3. The number of ether oxygens (including phenoxy) is 1. The van der Waals surface area contributed by atoms with Gasteiger partial charge >= 0.3 is 5.97 Å². The van der Waals surface area contributed by atoms with Crippen molar-refractivity contribution in [2.24, 2.45) is 5.73 Å². The predicted octanol–water partition coefficient (Wildman–Crippen LogP) is 2.34. The molecule has 0 aliphatic rings. The molecule has 2 rings (SSSR count). The standard InChI is InChI=1S/C15H14N2O3/c1-20-13-11(15(18)19)8-7-10(14(16)17)12(13)9-5-3-2-4-6-9/h2-8H,1H3,(H3,16,17)(H,18,19). The third-order valence-electron chi connectivity index (χ3n) is 2.94. The summed E-state index contributed by atoms with van der Waals surface area (Å²) in [6.07, 6.45) is 0. The van der Waals surface area contributed by atoms with Crippen molar-refractivity contribution in [3.8, 4) is 16.9 Å². The number of benzene rings is 2. The van der Waals surface area contributed by atoms with E-state index in [1.807, 2.05) is 30.3 Å². The third kappa shape index (κ3) is 2.33. The Hall–Kier alpha value is -2.82. The van der Waals surface area contributed by atoms with E-state index in [9.17, 15) is 9.90 Å². The van der Waals surface area contributed by atoms with E-state index in [-0.39, 0.29) is 17.1 Å². The Kier molecular flexibility index (Phi) is 3.70. The molecule has 0 bridgehead atoms. The number of carboxylic acids is 1. The van der Waals surface area contributed by atoms with E-state index in [0.29, 0.717) is 11.1 Å². The van der Waals surface area contributed by atoms with Crippen molar-refractivity contribution >= 4 is 11.8 Å². The van der Waals surface area contributed by atoms with Gasteiger partial charge in [0.2, 0.25) is 0 Å². The molecule has 0 aliphatic carbocycles. The largest absolute Gasteiger partial charge is 0.495 e. The minimum Gasteiger partial charge on any atom is -0.495 e. The van der Waals surface area contributed by atoms with Gasteiger partial charge in [0.05, 0.1) is 7.11 Å². The van der Waals surface area contributed by atoms with E-state index in [4.69, 9.17) is 15.9 Å². The van der Waals surface area contributed by atoms with Crippen LogP contribution in [-0.2, 0) is 0 Å². The number of aromatic carboxylic acids is 1. The average molecular weight is 270 g/mol. The lowest BCUT2D eigenvalue weighted by Crippen LogP contribution is -2.14. The summed E-state index contributed by atoms with van der Waals surface area (Å²) in [6, 6.07) is 12.1. The first-order valence-electron chi connectivity index (χ1n) is 5.90. The number of nitrogens with two attached hydrogens (primary N) is 1. The molecule has 0 saturated heterocycles. The van der Waals surface area contributed by atoms with Crippen LogP contribution in [0.25, 0.3) is 11.1 Å². The van der Waals surface area contributed by atoms with Gasteiger partial charge in [-0.05, 0) is 17.7 Å². The van der Waals surface area contributed by atoms with Gasteiger partial charge in [-0.1, -0.05) is 30.3 Å². The minimum absolute atomic E-state index is 0.0383. The number of carboxylic acid groups (broad SMARTS) is 1. The Morgan fingerprint density at radius 2 is 1.75 bits per heavy atom. The van der Waals surface area contributed by atoms with Crippen molar-refractivity contribution in [2.75, 3.05) is 7.11 Å². The van der Waals surface area contributed by atoms with E-state index in [2.05, 4.69) is 0 Å². The van der Waals surface area contributed by atoms with Crippen molar-refractivity contribution in [1.82, 2.24) is 0 Å². The summed E-state index contributed by atoms with van der Waals surface area (Å²) in [4.78, 5) is 11.3. The molecule has 0 radical (unpaired) electrons. The number of hydrogen-bond acceptors (Lipinski definition) is 3. The van der Waals surface area contributed by atoms with Gasteiger partial charge in [-0.25, -0.2) is 4.79 Å². The van der Waals surface area contributed by atoms with Crippen molar-refractivity contribution in [3.63, 3.8) is 0 Å². The number of carbonyl (C=O) groups is 1. The lowest BCUT2D eigenvalue weighted by Gasteiger charge is -2.15. The summed E-state index contributed by atoms with van der Waals surface area (Å²) in [7, 11) is 1.40. The number of amidine groups is 1. The zero-order valence-corrected chi connectivity index (χ0v) is 10.9. The highest BCUT2D eigenvalue weighted by atomic mass is 16.5. The van der Waals surface area contributed by atoms with Gasteiger partial charge in [-0.2, -0.15) is 0 Å². The van der Waals surface area contributed by atoms with Crippen LogP contribution in [0, 0.1) is 5.41 Å². The smallest absolute Gasteiger partial charge is 0.339 e. The Balaban J connectivity index is 2.83. The highest BCUT2D eigenvalue weighted by molar-refractivity contribution is 6.06. The van der Waals surface area contributed by atoms with Crippen LogP contribution in [0.1, 0.15) is 15.9 Å². The van der Waals surface area contributed by atoms with Gasteiger partial charge in [0.25, 0.3) is 0 Å². The molecule has 2 aromatic rings. The normalized spacial score (nSPS) is 10.1. The maximum absolute atomic E-state index is 11.3. The van der Waals surface area contributed by atoms with E-state index in [1.54, 1.807) is 0 Å². The highest BCUT2D eigenvalue weighted by Gasteiger charge is 2.20. The molecule has 4 N–H and O–H groups in total. The van der Waals surface area contributed by atoms with E-state index >= 15 is 0 Å². The second-order valence-electron chi connectivity index (χ2n) is 4.15. The Morgan fingerprint density at radius 3 is 2.25 bits per heavy atom. The summed E-state index contributed by atoms with van der Waals surface area (Å²) in [5.74, 6) is -1.02. The molecule has 0 fully saturated rings. The average Bonchev–Trinajstić information content (AvgIpc) is 2.46. The number of nitrogen functional groups attached to an aromatic ring is 1. The first kappa shape index (κ1) is 13.6. The molecule has 102 valence electrons. The van der Waals surface area contributed by atoms with Gasteiger partial charge in [-0.3, -0.25) is 5.41 Å². The SMILES string of the molecule is COc1c(C(=O)O)ccc(C(=N)N)c1-c1ccccc1. The molecule has 0 saturated carbocycles. The molecular formula is C15H14N2O3. The number of nitrogens with one attached hydrogen (secondary N) is 1. The third-order valence-corrected chi connectivity index (χ3v) is 2.94. The molecule has 20 heavy (non-hydrogen) atoms. The van der Waals surface area contributed by atoms with Crippen molar-refractivity contribution < 1.29 is 14.6 Å². The Morgan fingerprint density at radius 1 is 1.15 bits per heavy atom. The highest BCUT2D eigenvalue weighted by Crippen LogP contribution is 2.36. The Labute approximate surface area is 116 Å². The van der Waals surface area contributed by atoms with E-state index in [1.165, 1.54) is 19.2 Å². The minimum atomic E-state index is -1.09. The molecule has 5 nitrogen and oxygen atoms in total. The van der Waals surface area contributed by atoms with Gasteiger partial charge in [-0.15, -0.1) is 0 Å². The fourth-order valence-corrected chi connectivity index (χ4v) is 2.08. The zero-order valence-electron chi connectivity index (χ0n) is 10.9. The molecule has 0 heterocycles. The van der Waals surface area contributed by atoms with Crippen molar-refractivity contribution in [1.29, 1.82) is 5.41 Å². The lowest BCUT2D eigenvalue weighted by molar-refractivity contribution is 0.0693. The van der Waals surface area contributed by atoms with Crippen LogP contribution < -0.4 is 10.5 Å². The summed E-state index contributed by atoms with van der Waals surface area (Å²) >= 11 is 0. The van der Waals surface area contributed by atoms with Crippen LogP contribution in [0.2, 0.25) is 0 Å². The van der Waals surface area contributed by atoms with Gasteiger partial charge in [0.15, 0.2) is 0 Å². The summed E-state index contributed by atoms with van der Waals surface area (Å²) in [5, 5.41) is 16.9. The van der Waals surface area contributed by atoms with Gasteiger partial charge in [0.1, 0.15) is 17.1 Å². The Bertz CT molecular complexity index is 666. The van der Waals surface area contributed by atoms with Crippen LogP contribution in [-0.4, -0.2) is 24.0 Å². The zero-order chi connectivity index (χ0) is 14.7. The fraction of sp³-hybridized carbons (Fsp3) is 0.0667. The topological polar surface area (TPSA) is 96.4 Å². The van der Waals surface area contributed by atoms with Gasteiger partial charge < -0.3 is 15.6 Å². The monoisotopic (exact) mass is 270 g/mol. The number of methoxy groups -OCH3 is 1. The molecule has 0 aliphatic heterocycles. The first-order chi connectivity index (χ1) is 9.56. The van der Waals surface area contributed by atoms with Gasteiger partial charge in [0, 0.05) is 11.1 Å². The second kappa shape index (κ2) is 5.44. The van der Waals surface area contributed by atoms with Crippen LogP contribution in [0.4, 0.5) is 0 Å². The lowest BCUT2D eigenvalue weighted by atomic mass is 9.95. The fourth-order valence-electron chi connectivity index (χ4n) is 2.08. The first-order valence-corrected chi connectivity index (χ1v) is 5.90. The van der Waals surface area contributed by atoms with E-state index in [0.717, 1.165) is 5.56 Å². The second-order valence-corrected chi connectivity index (χ2v) is 4.15. The molecule has 0 spiro atoms. The van der Waals surface area contributed by atoms with E-state index < -0.39 is 5.97 Å². The van der Waals surface area contributed by atoms with Crippen molar-refractivity contribution in [2.45, 2.75) is 0 Å². The van der Waals surface area contributed by atoms with Crippen LogP contribution in [0.3, 0.4) is 0 Å². The summed E-state index contributed by atoms with van der Waals surface area (Å²) in [5.41, 5.74) is 7.33. The predicted molar refractivity (Wildman–Crippen MR) is 76.4 cm³/mol. The molecule has 5 heteroatoms. The van der Waals surface area contributed by atoms with Crippen LogP contribution in [0.15, 0.2) is 42.5 Å². The van der Waals surface area contributed by atoms with Crippen molar-refractivity contribution in [3.05, 3.63) is 53.6 Å².